The summed E-state index contributed by atoms with van der Waals surface area (Å²) in [5.74, 6) is 1.23. The van der Waals surface area contributed by atoms with Crippen LogP contribution in [0.2, 0.25) is 0 Å². The second kappa shape index (κ2) is 7.05. The molecule has 122 valence electrons. The fourth-order valence-corrected chi connectivity index (χ4v) is 3.87. The third-order valence-electron chi connectivity index (χ3n) is 3.02. The Hall–Kier alpha value is -2.00. The van der Waals surface area contributed by atoms with Gasteiger partial charge in [0.05, 0.1) is 5.25 Å². The third kappa shape index (κ3) is 3.85. The fraction of sp³-hybridized carbons (Fsp3) is 0.357. The van der Waals surface area contributed by atoms with Crippen molar-refractivity contribution in [2.75, 3.05) is 24.0 Å². The number of fused-ring (bicyclic) bond motifs is 1. The number of thioether (sulfide) groups is 1. The molecule has 2 N–H and O–H groups in total. The highest BCUT2D eigenvalue weighted by Gasteiger charge is 2.19. The minimum atomic E-state index is -0.289. The van der Waals surface area contributed by atoms with Crippen LogP contribution in [0, 0.1) is 0 Å². The summed E-state index contributed by atoms with van der Waals surface area (Å²) in [7, 11) is 0. The zero-order chi connectivity index (χ0) is 16.2. The molecule has 0 spiro atoms. The summed E-state index contributed by atoms with van der Waals surface area (Å²) in [5.41, 5.74) is 0.678. The first-order valence-electron chi connectivity index (χ1n) is 7.10. The molecule has 0 aliphatic carbocycles. The zero-order valence-corrected chi connectivity index (χ0v) is 14.3. The van der Waals surface area contributed by atoms with Crippen molar-refractivity contribution in [2.24, 2.45) is 0 Å². The van der Waals surface area contributed by atoms with Crippen molar-refractivity contribution in [3.05, 3.63) is 18.2 Å². The number of anilines is 2. The molecule has 1 amide bonds. The molecule has 1 aromatic carbocycles. The Labute approximate surface area is 141 Å². The highest BCUT2D eigenvalue weighted by molar-refractivity contribution is 8.02. The molecule has 2 heterocycles. The molecule has 1 atom stereocenters. The van der Waals surface area contributed by atoms with E-state index in [-0.39, 0.29) is 18.0 Å². The lowest BCUT2D eigenvalue weighted by atomic mass is 10.2. The molecule has 7 nitrogen and oxygen atoms in total. The molecule has 0 bridgehead atoms. The van der Waals surface area contributed by atoms with Gasteiger partial charge >= 0.3 is 0 Å². The Balaban J connectivity index is 1.58. The van der Waals surface area contributed by atoms with Gasteiger partial charge in [-0.2, -0.15) is 0 Å². The molecule has 1 aromatic heterocycles. The van der Waals surface area contributed by atoms with E-state index in [2.05, 4.69) is 20.8 Å². The molecular formula is C14H16N4O3S2. The number of ether oxygens (including phenoxy) is 2. The first-order valence-corrected chi connectivity index (χ1v) is 8.80. The molecule has 0 saturated carbocycles. The van der Waals surface area contributed by atoms with Gasteiger partial charge < -0.3 is 20.1 Å². The van der Waals surface area contributed by atoms with Crippen LogP contribution in [0.15, 0.2) is 22.5 Å². The fourth-order valence-electron chi connectivity index (χ4n) is 1.90. The summed E-state index contributed by atoms with van der Waals surface area (Å²) in [4.78, 5) is 12.3. The molecule has 0 unspecified atom stereocenters. The molecule has 1 aliphatic heterocycles. The predicted molar refractivity (Wildman–Crippen MR) is 90.6 cm³/mol. The number of hydrogen-bond acceptors (Lipinski definition) is 8. The number of nitrogens with zero attached hydrogens (tertiary/aromatic N) is 2. The second-order valence-electron chi connectivity index (χ2n) is 4.72. The monoisotopic (exact) mass is 352 g/mol. The van der Waals surface area contributed by atoms with Gasteiger partial charge in [-0.3, -0.25) is 4.79 Å². The number of aromatic nitrogens is 2. The van der Waals surface area contributed by atoms with E-state index in [1.165, 1.54) is 23.1 Å². The van der Waals surface area contributed by atoms with E-state index in [0.717, 1.165) is 16.0 Å². The Morgan fingerprint density at radius 1 is 1.39 bits per heavy atom. The van der Waals surface area contributed by atoms with Crippen molar-refractivity contribution in [1.82, 2.24) is 10.2 Å². The van der Waals surface area contributed by atoms with Gasteiger partial charge in [0.15, 0.2) is 15.8 Å². The van der Waals surface area contributed by atoms with Crippen LogP contribution in [-0.4, -0.2) is 34.7 Å². The first kappa shape index (κ1) is 15.9. The van der Waals surface area contributed by atoms with Gasteiger partial charge in [-0.15, -0.1) is 10.2 Å². The highest BCUT2D eigenvalue weighted by atomic mass is 32.2. The number of hydrogen-bond donors (Lipinski definition) is 2. The van der Waals surface area contributed by atoms with Gasteiger partial charge in [0, 0.05) is 18.3 Å². The first-order chi connectivity index (χ1) is 11.2. The van der Waals surface area contributed by atoms with Crippen LogP contribution < -0.4 is 20.1 Å². The summed E-state index contributed by atoms with van der Waals surface area (Å²) >= 11 is 2.82. The quantitative estimate of drug-likeness (QED) is 0.773. The smallest absolute Gasteiger partial charge is 0.237 e. The third-order valence-corrected chi connectivity index (χ3v) is 5.09. The summed E-state index contributed by atoms with van der Waals surface area (Å²) in [6, 6.07) is 5.33. The topological polar surface area (TPSA) is 85.4 Å². The van der Waals surface area contributed by atoms with Crippen LogP contribution in [0.1, 0.15) is 13.8 Å². The van der Waals surface area contributed by atoms with Crippen molar-refractivity contribution < 1.29 is 14.3 Å². The lowest BCUT2D eigenvalue weighted by Gasteiger charge is -2.10. The van der Waals surface area contributed by atoms with Gasteiger partial charge in [-0.1, -0.05) is 23.1 Å². The van der Waals surface area contributed by atoms with Crippen molar-refractivity contribution >= 4 is 39.8 Å². The Morgan fingerprint density at radius 2 is 2.22 bits per heavy atom. The van der Waals surface area contributed by atoms with E-state index in [9.17, 15) is 4.79 Å². The van der Waals surface area contributed by atoms with Crippen LogP contribution >= 0.6 is 23.1 Å². The van der Waals surface area contributed by atoms with Crippen LogP contribution in [0.25, 0.3) is 0 Å². The Kier molecular flexibility index (Phi) is 4.87. The van der Waals surface area contributed by atoms with Crippen molar-refractivity contribution in [1.29, 1.82) is 0 Å². The molecular weight excluding hydrogens is 336 g/mol. The van der Waals surface area contributed by atoms with Crippen LogP contribution in [-0.2, 0) is 4.79 Å². The minimum Gasteiger partial charge on any atom is -0.454 e. The number of nitrogens with one attached hydrogen (secondary N) is 2. The maximum Gasteiger partial charge on any atom is 0.237 e. The predicted octanol–water partition coefficient (Wildman–Crippen LogP) is 2.82. The zero-order valence-electron chi connectivity index (χ0n) is 12.7. The molecule has 0 saturated heterocycles. The molecule has 23 heavy (non-hydrogen) atoms. The number of amides is 1. The lowest BCUT2D eigenvalue weighted by molar-refractivity contribution is -0.115. The molecule has 0 fully saturated rings. The maximum absolute atomic E-state index is 12.3. The largest absolute Gasteiger partial charge is 0.454 e. The normalized spacial score (nSPS) is 13.7. The van der Waals surface area contributed by atoms with E-state index in [1.54, 1.807) is 18.2 Å². The van der Waals surface area contributed by atoms with E-state index < -0.39 is 0 Å². The van der Waals surface area contributed by atoms with Crippen molar-refractivity contribution in [2.45, 2.75) is 23.4 Å². The Morgan fingerprint density at radius 3 is 3.04 bits per heavy atom. The average molecular weight is 352 g/mol. The molecule has 3 rings (SSSR count). The van der Waals surface area contributed by atoms with Crippen molar-refractivity contribution in [3.8, 4) is 11.5 Å². The maximum atomic E-state index is 12.3. The molecule has 0 radical (unpaired) electrons. The SMILES string of the molecule is CCNc1nnc(S[C@H](C)C(=O)Nc2ccc3c(c2)OCO3)s1. The molecule has 1 aliphatic rings. The van der Waals surface area contributed by atoms with Gasteiger partial charge in [0.1, 0.15) is 0 Å². The Bertz CT molecular complexity index is 707. The van der Waals surface area contributed by atoms with Gasteiger partial charge in [-0.05, 0) is 26.0 Å². The second-order valence-corrected chi connectivity index (χ2v) is 7.29. The van der Waals surface area contributed by atoms with Crippen LogP contribution in [0.5, 0.6) is 11.5 Å². The van der Waals surface area contributed by atoms with Crippen LogP contribution in [0.3, 0.4) is 0 Å². The minimum absolute atomic E-state index is 0.103. The number of rotatable bonds is 6. The number of carbonyl (C=O) groups is 1. The summed E-state index contributed by atoms with van der Waals surface area (Å²) < 4.78 is 11.3. The van der Waals surface area contributed by atoms with E-state index >= 15 is 0 Å². The van der Waals surface area contributed by atoms with E-state index in [1.807, 2.05) is 13.8 Å². The average Bonchev–Trinajstić information content (AvgIpc) is 3.16. The molecule has 2 aromatic rings. The van der Waals surface area contributed by atoms with E-state index in [4.69, 9.17) is 9.47 Å². The van der Waals surface area contributed by atoms with Gasteiger partial charge in [0.25, 0.3) is 0 Å². The summed E-state index contributed by atoms with van der Waals surface area (Å²) in [5, 5.41) is 14.5. The lowest BCUT2D eigenvalue weighted by Crippen LogP contribution is -2.22. The van der Waals surface area contributed by atoms with Gasteiger partial charge in [-0.25, -0.2) is 0 Å². The number of benzene rings is 1. The summed E-state index contributed by atoms with van der Waals surface area (Å²) in [6.45, 7) is 4.83. The van der Waals surface area contributed by atoms with E-state index in [0.29, 0.717) is 17.2 Å². The number of carbonyl (C=O) groups excluding carboxylic acids is 1. The van der Waals surface area contributed by atoms with Crippen molar-refractivity contribution in [3.63, 3.8) is 0 Å². The standard InChI is InChI=1S/C14H16N4O3S2/c1-3-15-13-17-18-14(23-13)22-8(2)12(19)16-9-4-5-10-11(6-9)21-7-20-10/h4-6,8H,3,7H2,1-2H3,(H,15,17)(H,16,19)/t8-/m1/s1. The summed E-state index contributed by atoms with van der Waals surface area (Å²) in [6.07, 6.45) is 0. The highest BCUT2D eigenvalue weighted by Crippen LogP contribution is 2.35. The van der Waals surface area contributed by atoms with Crippen LogP contribution in [0.4, 0.5) is 10.8 Å². The molecule has 9 heteroatoms. The van der Waals surface area contributed by atoms with Gasteiger partial charge in [0.2, 0.25) is 17.8 Å².